The summed E-state index contributed by atoms with van der Waals surface area (Å²) in [5, 5.41) is 13.9. The van der Waals surface area contributed by atoms with E-state index in [-0.39, 0.29) is 5.91 Å². The van der Waals surface area contributed by atoms with Gasteiger partial charge >= 0.3 is 5.97 Å². The minimum Gasteiger partial charge on any atom is -0.467 e. The maximum atomic E-state index is 11.4. The molecule has 94 valence electrons. The predicted octanol–water partition coefficient (Wildman–Crippen LogP) is -1.02. The fraction of sp³-hybridized carbons (Fsp3) is 0.625. The van der Waals surface area contributed by atoms with Gasteiger partial charge in [0.05, 0.1) is 7.11 Å². The van der Waals surface area contributed by atoms with Gasteiger partial charge in [-0.15, -0.1) is 5.10 Å². The van der Waals surface area contributed by atoms with Crippen molar-refractivity contribution >= 4 is 23.6 Å². The number of rotatable bonds is 5. The van der Waals surface area contributed by atoms with Gasteiger partial charge in [-0.2, -0.15) is 0 Å². The van der Waals surface area contributed by atoms with Crippen LogP contribution in [0.25, 0.3) is 0 Å². The van der Waals surface area contributed by atoms with Gasteiger partial charge in [-0.3, -0.25) is 4.79 Å². The first-order chi connectivity index (χ1) is 8.04. The van der Waals surface area contributed by atoms with E-state index in [0.29, 0.717) is 10.9 Å². The van der Waals surface area contributed by atoms with Crippen LogP contribution in [0.1, 0.15) is 6.92 Å². The lowest BCUT2D eigenvalue weighted by molar-refractivity contribution is -0.144. The lowest BCUT2D eigenvalue weighted by atomic mass is 10.3. The van der Waals surface area contributed by atoms with Crippen LogP contribution in [0, 0.1) is 0 Å². The van der Waals surface area contributed by atoms with E-state index in [9.17, 15) is 9.59 Å². The highest BCUT2D eigenvalue weighted by Gasteiger charge is 2.21. The van der Waals surface area contributed by atoms with E-state index in [1.165, 1.54) is 30.5 Å². The van der Waals surface area contributed by atoms with Crippen LogP contribution in [0.3, 0.4) is 0 Å². The van der Waals surface area contributed by atoms with Crippen molar-refractivity contribution in [3.05, 3.63) is 0 Å². The Balaban J connectivity index is 2.58. The highest BCUT2D eigenvalue weighted by atomic mass is 32.2. The Hall–Kier alpha value is -1.64. The molecule has 1 aromatic heterocycles. The van der Waals surface area contributed by atoms with E-state index in [1.54, 1.807) is 7.05 Å². The number of carbonyl (C=O) groups excluding carboxylic acids is 2. The number of carbonyl (C=O) groups is 2. The Morgan fingerprint density at radius 2 is 2.29 bits per heavy atom. The zero-order chi connectivity index (χ0) is 12.8. The van der Waals surface area contributed by atoms with Crippen LogP contribution in [0.15, 0.2) is 5.16 Å². The average Bonchev–Trinajstić information content (AvgIpc) is 2.68. The van der Waals surface area contributed by atoms with Crippen molar-refractivity contribution in [2.75, 3.05) is 12.9 Å². The van der Waals surface area contributed by atoms with Gasteiger partial charge in [-0.1, -0.05) is 11.8 Å². The summed E-state index contributed by atoms with van der Waals surface area (Å²) in [6, 6.07) is -0.709. The first kappa shape index (κ1) is 13.4. The summed E-state index contributed by atoms with van der Waals surface area (Å²) in [4.78, 5) is 22.3. The molecule has 1 unspecified atom stereocenters. The summed E-state index contributed by atoms with van der Waals surface area (Å²) < 4.78 is 6.07. The van der Waals surface area contributed by atoms with E-state index in [2.05, 4.69) is 25.6 Å². The molecule has 1 aromatic rings. The Kier molecular flexibility index (Phi) is 4.88. The maximum absolute atomic E-state index is 11.4. The van der Waals surface area contributed by atoms with Gasteiger partial charge in [0.15, 0.2) is 0 Å². The highest BCUT2D eigenvalue weighted by Crippen LogP contribution is 2.14. The topological polar surface area (TPSA) is 99.0 Å². The minimum absolute atomic E-state index is 0.294. The van der Waals surface area contributed by atoms with E-state index >= 15 is 0 Å². The molecule has 1 N–H and O–H groups in total. The second-order valence-corrected chi connectivity index (χ2v) is 4.16. The molecule has 0 aliphatic carbocycles. The second-order valence-electron chi connectivity index (χ2n) is 3.17. The highest BCUT2D eigenvalue weighted by molar-refractivity contribution is 7.99. The van der Waals surface area contributed by atoms with Crippen molar-refractivity contribution in [2.45, 2.75) is 18.1 Å². The number of nitrogens with one attached hydrogen (secondary N) is 1. The number of ether oxygens (including phenoxy) is 1. The lowest BCUT2D eigenvalue weighted by Crippen LogP contribution is -2.42. The fourth-order valence-electron chi connectivity index (χ4n) is 1.06. The number of tetrazole rings is 1. The van der Waals surface area contributed by atoms with Gasteiger partial charge in [-0.25, -0.2) is 9.48 Å². The Bertz CT molecular complexity index is 408. The predicted molar refractivity (Wildman–Crippen MR) is 59.1 cm³/mol. The van der Waals surface area contributed by atoms with Gasteiger partial charge < -0.3 is 10.1 Å². The first-order valence-corrected chi connectivity index (χ1v) is 5.73. The van der Waals surface area contributed by atoms with Crippen molar-refractivity contribution in [3.63, 3.8) is 0 Å². The molecule has 1 amide bonds. The van der Waals surface area contributed by atoms with Gasteiger partial charge in [0.25, 0.3) is 0 Å². The average molecular weight is 259 g/mol. The summed E-state index contributed by atoms with van der Waals surface area (Å²) >= 11 is 1.26. The maximum Gasteiger partial charge on any atom is 0.329 e. The Labute approximate surface area is 102 Å². The van der Waals surface area contributed by atoms with Crippen LogP contribution in [-0.4, -0.2) is 51.0 Å². The molecule has 1 rings (SSSR count). The smallest absolute Gasteiger partial charge is 0.329 e. The number of esters is 1. The number of aryl methyl sites for hydroxylation is 1. The molecule has 0 fully saturated rings. The number of methoxy groups -OCH3 is 1. The van der Waals surface area contributed by atoms with E-state index in [1.807, 2.05) is 0 Å². The van der Waals surface area contributed by atoms with Gasteiger partial charge in [0.1, 0.15) is 6.04 Å². The molecule has 0 bridgehead atoms. The number of amides is 1. The lowest BCUT2D eigenvalue weighted by Gasteiger charge is -2.14. The third kappa shape index (κ3) is 4.02. The third-order valence-electron chi connectivity index (χ3n) is 1.82. The number of aromatic nitrogens is 4. The zero-order valence-electron chi connectivity index (χ0n) is 9.71. The van der Waals surface area contributed by atoms with Crippen molar-refractivity contribution in [1.82, 2.24) is 25.5 Å². The molecule has 0 spiro atoms. The summed E-state index contributed by atoms with van der Waals surface area (Å²) in [5.41, 5.74) is 0. The molecule has 0 saturated carbocycles. The molecular formula is C8H13N5O3S. The first-order valence-electron chi connectivity index (χ1n) is 4.74. The van der Waals surface area contributed by atoms with Crippen LogP contribution in [-0.2, 0) is 21.4 Å². The zero-order valence-corrected chi connectivity index (χ0v) is 10.5. The SMILES string of the molecule is COC(=O)C(CSc1nnnn1C)NC(C)=O. The molecule has 9 heteroatoms. The van der Waals surface area contributed by atoms with Crippen LogP contribution < -0.4 is 5.32 Å². The fourth-order valence-corrected chi connectivity index (χ4v) is 1.91. The van der Waals surface area contributed by atoms with Crippen LogP contribution >= 0.6 is 11.8 Å². The van der Waals surface area contributed by atoms with Crippen molar-refractivity contribution in [1.29, 1.82) is 0 Å². The molecular weight excluding hydrogens is 246 g/mol. The molecule has 8 nitrogen and oxygen atoms in total. The molecule has 1 heterocycles. The molecule has 17 heavy (non-hydrogen) atoms. The van der Waals surface area contributed by atoms with Crippen molar-refractivity contribution < 1.29 is 14.3 Å². The van der Waals surface area contributed by atoms with Crippen LogP contribution in [0.2, 0.25) is 0 Å². The van der Waals surface area contributed by atoms with Crippen molar-refractivity contribution in [3.8, 4) is 0 Å². The van der Waals surface area contributed by atoms with E-state index in [4.69, 9.17) is 0 Å². The number of thioether (sulfide) groups is 1. The molecule has 0 saturated heterocycles. The monoisotopic (exact) mass is 259 g/mol. The molecule has 0 aliphatic heterocycles. The summed E-state index contributed by atoms with van der Waals surface area (Å²) in [7, 11) is 2.96. The molecule has 1 atom stereocenters. The summed E-state index contributed by atoms with van der Waals surface area (Å²) in [6.07, 6.45) is 0. The van der Waals surface area contributed by atoms with E-state index < -0.39 is 12.0 Å². The Morgan fingerprint density at radius 1 is 1.59 bits per heavy atom. The van der Waals surface area contributed by atoms with Gasteiger partial charge in [0, 0.05) is 19.7 Å². The minimum atomic E-state index is -0.709. The second kappa shape index (κ2) is 6.18. The van der Waals surface area contributed by atoms with Gasteiger partial charge in [-0.05, 0) is 10.4 Å². The molecule has 0 radical (unpaired) electrons. The van der Waals surface area contributed by atoms with Crippen LogP contribution in [0.5, 0.6) is 0 Å². The van der Waals surface area contributed by atoms with Gasteiger partial charge in [0.2, 0.25) is 11.1 Å². The standard InChI is InChI=1S/C8H13N5O3S/c1-5(14)9-6(7(15)16-3)4-17-8-10-11-12-13(8)2/h6H,4H2,1-3H3,(H,9,14). The largest absolute Gasteiger partial charge is 0.467 e. The molecule has 0 aromatic carbocycles. The quantitative estimate of drug-likeness (QED) is 0.533. The number of nitrogens with zero attached hydrogens (tertiary/aromatic N) is 4. The third-order valence-corrected chi connectivity index (χ3v) is 2.93. The van der Waals surface area contributed by atoms with E-state index in [0.717, 1.165) is 0 Å². The molecule has 0 aliphatic rings. The summed E-state index contributed by atoms with van der Waals surface area (Å²) in [5.74, 6) is -0.486. The summed E-state index contributed by atoms with van der Waals surface area (Å²) in [6.45, 7) is 1.34. The van der Waals surface area contributed by atoms with Crippen molar-refractivity contribution in [2.24, 2.45) is 7.05 Å². The Morgan fingerprint density at radius 3 is 2.76 bits per heavy atom. The normalized spacial score (nSPS) is 11.9. The van der Waals surface area contributed by atoms with Crippen LogP contribution in [0.4, 0.5) is 0 Å². The number of hydrogen-bond acceptors (Lipinski definition) is 7. The number of hydrogen-bond donors (Lipinski definition) is 1.